The zero-order chi connectivity index (χ0) is 31.9. The van der Waals surface area contributed by atoms with Gasteiger partial charge in [-0.15, -0.1) is 0 Å². The van der Waals surface area contributed by atoms with E-state index >= 15 is 0 Å². The van der Waals surface area contributed by atoms with Gasteiger partial charge in [0.2, 0.25) is 5.91 Å². The highest BCUT2D eigenvalue weighted by atomic mass is 16.5. The molecule has 226 valence electrons. The van der Waals surface area contributed by atoms with Crippen molar-refractivity contribution in [2.75, 3.05) is 25.1 Å². The summed E-state index contributed by atoms with van der Waals surface area (Å²) in [5.41, 5.74) is 3.32. The Morgan fingerprint density at radius 3 is 2.49 bits per heavy atom. The van der Waals surface area contributed by atoms with Crippen LogP contribution in [-0.4, -0.2) is 68.6 Å². The minimum Gasteiger partial charge on any atom is -0.507 e. The number of amides is 3. The summed E-state index contributed by atoms with van der Waals surface area (Å²) in [6, 6.07) is 19.6. The second-order valence-electron chi connectivity index (χ2n) is 10.1. The number of carbonyl (C=O) groups excluding carboxylic acids is 2. The van der Waals surface area contributed by atoms with Crippen LogP contribution in [0.5, 0.6) is 5.75 Å². The van der Waals surface area contributed by atoms with E-state index in [1.807, 2.05) is 0 Å². The summed E-state index contributed by atoms with van der Waals surface area (Å²) in [7, 11) is 1.73. The van der Waals surface area contributed by atoms with Crippen LogP contribution in [0.2, 0.25) is 0 Å². The fraction of sp³-hybridized carbons (Fsp3) is 0.182. The molecule has 0 radical (unpaired) electrons. The Morgan fingerprint density at radius 2 is 1.78 bits per heavy atom. The van der Waals surface area contributed by atoms with Crippen molar-refractivity contribution in [1.82, 2.24) is 20.0 Å². The lowest BCUT2D eigenvalue weighted by Crippen LogP contribution is -2.57. The Hall–Kier alpha value is -6.11. The Morgan fingerprint density at radius 1 is 1.04 bits per heavy atom. The zero-order valence-corrected chi connectivity index (χ0v) is 24.1. The van der Waals surface area contributed by atoms with E-state index in [0.29, 0.717) is 39.2 Å². The van der Waals surface area contributed by atoms with Crippen molar-refractivity contribution in [2.45, 2.75) is 12.1 Å². The highest BCUT2D eigenvalue weighted by molar-refractivity contribution is 5.98. The quantitative estimate of drug-likeness (QED) is 0.243. The predicted octanol–water partition coefficient (Wildman–Crippen LogP) is 3.24. The molecule has 0 aliphatic carbocycles. The molecule has 12 nitrogen and oxygen atoms in total. The molecule has 3 amide bonds. The van der Waals surface area contributed by atoms with Crippen LogP contribution in [0.25, 0.3) is 11.3 Å². The van der Waals surface area contributed by atoms with Gasteiger partial charge in [-0.2, -0.15) is 10.4 Å². The molecule has 0 saturated carbocycles. The minimum absolute atomic E-state index is 0.0202. The van der Waals surface area contributed by atoms with Crippen LogP contribution < -0.4 is 10.6 Å². The smallest absolute Gasteiger partial charge is 0.405 e. The number of ether oxygens (including phenoxy) is 1. The van der Waals surface area contributed by atoms with Crippen molar-refractivity contribution >= 4 is 23.6 Å². The monoisotopic (exact) mass is 604 g/mol. The Balaban J connectivity index is 1.30. The first kappa shape index (κ1) is 30.4. The zero-order valence-electron chi connectivity index (χ0n) is 24.1. The molecule has 0 bridgehead atoms. The Labute approximate surface area is 258 Å². The van der Waals surface area contributed by atoms with E-state index in [2.05, 4.69) is 33.6 Å². The van der Waals surface area contributed by atoms with Gasteiger partial charge in [0.25, 0.3) is 5.91 Å². The Bertz CT molecular complexity index is 1840. The van der Waals surface area contributed by atoms with Gasteiger partial charge in [-0.05, 0) is 48.0 Å². The SMILES string of the molecule is Cn1cc(C#Cc2ccc(NC(=O)[C@@H]3COCCN3C(=O)[C@H](NC(=O)O)c3ccccc3)cc2)c(-c2cc(C#N)ccc2O)n1. The van der Waals surface area contributed by atoms with Gasteiger partial charge in [0.05, 0.1) is 30.4 Å². The van der Waals surface area contributed by atoms with Gasteiger partial charge in [-0.3, -0.25) is 14.3 Å². The summed E-state index contributed by atoms with van der Waals surface area (Å²) in [6.07, 6.45) is 0.351. The van der Waals surface area contributed by atoms with Crippen molar-refractivity contribution in [1.29, 1.82) is 5.26 Å². The third-order valence-electron chi connectivity index (χ3n) is 7.07. The van der Waals surface area contributed by atoms with Crippen LogP contribution in [-0.2, 0) is 21.4 Å². The van der Waals surface area contributed by atoms with Crippen molar-refractivity contribution < 1.29 is 29.3 Å². The average Bonchev–Trinajstić information content (AvgIpc) is 3.43. The maximum absolute atomic E-state index is 13.5. The van der Waals surface area contributed by atoms with E-state index in [9.17, 15) is 29.9 Å². The standard InChI is InChI=1S/C33H28N6O6/c1-38-19-24(29(37-38)26-17-22(18-34)10-14-28(26)40)11-7-21-8-12-25(13-9-21)35-31(41)27-20-45-16-15-39(27)32(42)30(36-33(43)44)23-5-3-2-4-6-23/h2-6,8-10,12-14,17,19,27,30,36,40H,15-16,20H2,1H3,(H,35,41)(H,43,44)/t27-,30+/m0/s1. The van der Waals surface area contributed by atoms with E-state index in [1.165, 1.54) is 17.0 Å². The number of rotatable bonds is 6. The maximum Gasteiger partial charge on any atom is 0.405 e. The number of aryl methyl sites for hydroxylation is 1. The number of nitriles is 1. The van der Waals surface area contributed by atoms with Gasteiger partial charge in [0, 0.05) is 36.6 Å². The molecule has 2 atom stereocenters. The Kier molecular flexibility index (Phi) is 9.08. The van der Waals surface area contributed by atoms with Crippen LogP contribution in [0.4, 0.5) is 10.5 Å². The lowest BCUT2D eigenvalue weighted by Gasteiger charge is -2.36. The molecule has 1 saturated heterocycles. The van der Waals surface area contributed by atoms with Gasteiger partial charge >= 0.3 is 6.09 Å². The summed E-state index contributed by atoms with van der Waals surface area (Å²) in [6.45, 7) is 0.278. The molecule has 1 aliphatic heterocycles. The molecular weight excluding hydrogens is 576 g/mol. The van der Waals surface area contributed by atoms with Gasteiger partial charge < -0.3 is 30.5 Å². The van der Waals surface area contributed by atoms with Crippen LogP contribution >= 0.6 is 0 Å². The molecular formula is C33H28N6O6. The molecule has 4 aromatic rings. The molecule has 0 spiro atoms. The fourth-order valence-corrected chi connectivity index (χ4v) is 4.88. The molecule has 1 aromatic heterocycles. The van der Waals surface area contributed by atoms with Gasteiger partial charge in [-0.1, -0.05) is 42.2 Å². The number of aromatic nitrogens is 2. The van der Waals surface area contributed by atoms with Gasteiger partial charge in [0.1, 0.15) is 23.5 Å². The number of nitrogens with zero attached hydrogens (tertiary/aromatic N) is 4. The lowest BCUT2D eigenvalue weighted by atomic mass is 10.0. The van der Waals surface area contributed by atoms with Gasteiger partial charge in [-0.25, -0.2) is 4.79 Å². The van der Waals surface area contributed by atoms with Crippen LogP contribution in [0.15, 0.2) is 79.0 Å². The number of hydrogen-bond donors (Lipinski definition) is 4. The number of carbonyl (C=O) groups is 3. The number of benzene rings is 3. The second kappa shape index (κ2) is 13.5. The fourth-order valence-electron chi connectivity index (χ4n) is 4.88. The molecule has 5 rings (SSSR count). The van der Waals surface area contributed by atoms with E-state index in [4.69, 9.17) is 4.74 Å². The molecule has 1 aliphatic rings. The first-order valence-corrected chi connectivity index (χ1v) is 13.9. The molecule has 4 N–H and O–H groups in total. The maximum atomic E-state index is 13.5. The molecule has 12 heteroatoms. The van der Waals surface area contributed by atoms with Crippen molar-refractivity contribution in [3.8, 4) is 34.9 Å². The van der Waals surface area contributed by atoms with E-state index in [1.54, 1.807) is 78.6 Å². The third-order valence-corrected chi connectivity index (χ3v) is 7.07. The van der Waals surface area contributed by atoms with E-state index < -0.39 is 30.0 Å². The normalized spacial score (nSPS) is 14.8. The first-order valence-electron chi connectivity index (χ1n) is 13.9. The number of phenols is 1. The lowest BCUT2D eigenvalue weighted by molar-refractivity contribution is -0.148. The van der Waals surface area contributed by atoms with Crippen LogP contribution in [0.3, 0.4) is 0 Å². The molecule has 3 aromatic carbocycles. The number of hydrogen-bond acceptors (Lipinski definition) is 7. The number of carboxylic acid groups (broad SMARTS) is 1. The molecule has 45 heavy (non-hydrogen) atoms. The molecule has 0 unspecified atom stereocenters. The van der Waals surface area contributed by atoms with Crippen molar-refractivity contribution in [3.05, 3.63) is 101 Å². The van der Waals surface area contributed by atoms with Gasteiger partial charge in [0.15, 0.2) is 0 Å². The number of aromatic hydroxyl groups is 1. The highest BCUT2D eigenvalue weighted by Gasteiger charge is 2.37. The summed E-state index contributed by atoms with van der Waals surface area (Å²) in [4.78, 5) is 39.6. The second-order valence-corrected chi connectivity index (χ2v) is 10.1. The van der Waals surface area contributed by atoms with E-state index in [-0.39, 0.29) is 25.5 Å². The topological polar surface area (TPSA) is 170 Å². The largest absolute Gasteiger partial charge is 0.507 e. The van der Waals surface area contributed by atoms with Crippen molar-refractivity contribution in [3.63, 3.8) is 0 Å². The predicted molar refractivity (Wildman–Crippen MR) is 163 cm³/mol. The molecule has 1 fully saturated rings. The number of anilines is 1. The van der Waals surface area contributed by atoms with Crippen LogP contribution in [0, 0.1) is 23.2 Å². The number of nitrogens with one attached hydrogen (secondary N) is 2. The van der Waals surface area contributed by atoms with E-state index in [0.717, 1.165) is 0 Å². The summed E-state index contributed by atoms with van der Waals surface area (Å²) >= 11 is 0. The van der Waals surface area contributed by atoms with Crippen LogP contribution in [0.1, 0.15) is 28.3 Å². The average molecular weight is 605 g/mol. The first-order chi connectivity index (χ1) is 21.7. The summed E-state index contributed by atoms with van der Waals surface area (Å²) in [5, 5.41) is 38.5. The summed E-state index contributed by atoms with van der Waals surface area (Å²) < 4.78 is 7.07. The number of morpholine rings is 1. The summed E-state index contributed by atoms with van der Waals surface area (Å²) in [5.74, 6) is 5.05. The highest BCUT2D eigenvalue weighted by Crippen LogP contribution is 2.31. The third kappa shape index (κ3) is 7.10. The minimum atomic E-state index is -1.36. The number of phenolic OH excluding ortho intramolecular Hbond substituents is 1. The molecule has 2 heterocycles. The van der Waals surface area contributed by atoms with Crippen molar-refractivity contribution in [2.24, 2.45) is 7.05 Å².